The molecule has 1 heterocycles. The number of aliphatic carboxylic acids is 1. The Labute approximate surface area is 76.0 Å². The van der Waals surface area contributed by atoms with Gasteiger partial charge in [0.1, 0.15) is 0 Å². The summed E-state index contributed by atoms with van der Waals surface area (Å²) >= 11 is 0. The summed E-state index contributed by atoms with van der Waals surface area (Å²) in [7, 11) is 0. The van der Waals surface area contributed by atoms with E-state index in [4.69, 9.17) is 5.11 Å². The standard InChI is InChI=1S/C9H12N2O2/c1-9(2)6(7(9)8(12)13)5-3-10-4-11-5/h3-4,6-7H,1-2H3,(H,10,11)(H,12,13). The molecule has 2 rings (SSSR count). The third-order valence-corrected chi connectivity index (χ3v) is 2.95. The highest BCUT2D eigenvalue weighted by Gasteiger charge is 2.63. The first-order valence-corrected chi connectivity index (χ1v) is 4.26. The van der Waals surface area contributed by atoms with Crippen LogP contribution in [0.5, 0.6) is 0 Å². The molecule has 0 amide bonds. The van der Waals surface area contributed by atoms with Crippen molar-refractivity contribution in [2.45, 2.75) is 19.8 Å². The second-order valence-electron chi connectivity index (χ2n) is 4.12. The Balaban J connectivity index is 2.25. The predicted molar refractivity (Wildman–Crippen MR) is 46.2 cm³/mol. The van der Waals surface area contributed by atoms with E-state index in [1.165, 1.54) is 0 Å². The molecule has 0 saturated heterocycles. The molecule has 1 aromatic heterocycles. The maximum absolute atomic E-state index is 10.8. The number of aromatic nitrogens is 2. The smallest absolute Gasteiger partial charge is 0.307 e. The number of H-pyrrole nitrogens is 1. The molecule has 0 aliphatic heterocycles. The van der Waals surface area contributed by atoms with E-state index >= 15 is 0 Å². The second kappa shape index (κ2) is 2.34. The monoisotopic (exact) mass is 180 g/mol. The molecule has 0 radical (unpaired) electrons. The largest absolute Gasteiger partial charge is 0.481 e. The molecule has 4 heteroatoms. The van der Waals surface area contributed by atoms with E-state index < -0.39 is 5.97 Å². The molecule has 1 aliphatic carbocycles. The highest BCUT2D eigenvalue weighted by atomic mass is 16.4. The molecule has 70 valence electrons. The first kappa shape index (κ1) is 8.29. The van der Waals surface area contributed by atoms with Crippen LogP contribution in [0.4, 0.5) is 0 Å². The minimum atomic E-state index is -0.718. The van der Waals surface area contributed by atoms with E-state index in [0.29, 0.717) is 0 Å². The Bertz CT molecular complexity index is 329. The van der Waals surface area contributed by atoms with Crippen LogP contribution in [0.15, 0.2) is 12.5 Å². The number of aromatic amines is 1. The van der Waals surface area contributed by atoms with Crippen molar-refractivity contribution in [2.75, 3.05) is 0 Å². The Morgan fingerprint density at radius 2 is 2.38 bits per heavy atom. The van der Waals surface area contributed by atoms with E-state index in [-0.39, 0.29) is 17.3 Å². The van der Waals surface area contributed by atoms with Crippen molar-refractivity contribution in [2.24, 2.45) is 11.3 Å². The molecular formula is C9H12N2O2. The Morgan fingerprint density at radius 3 is 2.77 bits per heavy atom. The lowest BCUT2D eigenvalue weighted by atomic mass is 10.1. The number of hydrogen-bond donors (Lipinski definition) is 2. The minimum absolute atomic E-state index is 0.0903. The van der Waals surface area contributed by atoms with Gasteiger partial charge in [0.25, 0.3) is 0 Å². The quantitative estimate of drug-likeness (QED) is 0.719. The molecule has 1 aromatic rings. The van der Waals surface area contributed by atoms with Crippen molar-refractivity contribution in [3.05, 3.63) is 18.2 Å². The van der Waals surface area contributed by atoms with Crippen LogP contribution < -0.4 is 0 Å². The van der Waals surface area contributed by atoms with Gasteiger partial charge in [0.05, 0.1) is 12.2 Å². The van der Waals surface area contributed by atoms with Gasteiger partial charge in [-0.15, -0.1) is 0 Å². The van der Waals surface area contributed by atoms with E-state index in [2.05, 4.69) is 9.97 Å². The first-order valence-electron chi connectivity index (χ1n) is 4.26. The van der Waals surface area contributed by atoms with E-state index in [9.17, 15) is 4.79 Å². The van der Waals surface area contributed by atoms with Crippen molar-refractivity contribution in [1.29, 1.82) is 0 Å². The van der Waals surface area contributed by atoms with Gasteiger partial charge in [0.15, 0.2) is 0 Å². The van der Waals surface area contributed by atoms with Crippen LogP contribution in [0.25, 0.3) is 0 Å². The molecule has 0 bridgehead atoms. The average Bonchev–Trinajstić information content (AvgIpc) is 2.50. The molecule has 1 fully saturated rings. The fourth-order valence-corrected chi connectivity index (χ4v) is 2.12. The van der Waals surface area contributed by atoms with Crippen LogP contribution in [-0.2, 0) is 4.79 Å². The van der Waals surface area contributed by atoms with Crippen LogP contribution >= 0.6 is 0 Å². The van der Waals surface area contributed by atoms with Gasteiger partial charge in [-0.05, 0) is 5.41 Å². The summed E-state index contributed by atoms with van der Waals surface area (Å²) in [6, 6.07) is 0. The van der Waals surface area contributed by atoms with Gasteiger partial charge < -0.3 is 10.1 Å². The second-order valence-corrected chi connectivity index (χ2v) is 4.12. The molecule has 0 spiro atoms. The van der Waals surface area contributed by atoms with Crippen molar-refractivity contribution in [1.82, 2.24) is 9.97 Å². The molecule has 2 N–H and O–H groups in total. The van der Waals surface area contributed by atoms with Gasteiger partial charge in [-0.3, -0.25) is 4.79 Å². The predicted octanol–water partition coefficient (Wildman–Crippen LogP) is 1.23. The number of hydrogen-bond acceptors (Lipinski definition) is 2. The first-order chi connectivity index (χ1) is 6.05. The summed E-state index contributed by atoms with van der Waals surface area (Å²) < 4.78 is 0. The molecule has 0 aromatic carbocycles. The van der Waals surface area contributed by atoms with Crippen molar-refractivity contribution >= 4 is 5.97 Å². The van der Waals surface area contributed by atoms with Crippen molar-refractivity contribution in [3.8, 4) is 0 Å². The van der Waals surface area contributed by atoms with E-state index in [1.54, 1.807) is 12.5 Å². The lowest BCUT2D eigenvalue weighted by molar-refractivity contribution is -0.139. The number of nitrogens with zero attached hydrogens (tertiary/aromatic N) is 1. The molecular weight excluding hydrogens is 168 g/mol. The normalized spacial score (nSPS) is 30.0. The van der Waals surface area contributed by atoms with Gasteiger partial charge in [0, 0.05) is 17.8 Å². The van der Waals surface area contributed by atoms with Gasteiger partial charge in [-0.2, -0.15) is 0 Å². The Morgan fingerprint density at radius 1 is 1.69 bits per heavy atom. The van der Waals surface area contributed by atoms with Gasteiger partial charge in [0.2, 0.25) is 0 Å². The fraction of sp³-hybridized carbons (Fsp3) is 0.556. The van der Waals surface area contributed by atoms with Crippen molar-refractivity contribution < 1.29 is 9.90 Å². The fourth-order valence-electron chi connectivity index (χ4n) is 2.12. The third-order valence-electron chi connectivity index (χ3n) is 2.95. The summed E-state index contributed by atoms with van der Waals surface area (Å²) in [5.41, 5.74) is 0.788. The number of imidazole rings is 1. The Kier molecular flexibility index (Phi) is 1.49. The molecule has 2 atom stereocenters. The zero-order valence-electron chi connectivity index (χ0n) is 7.61. The Hall–Kier alpha value is -1.32. The summed E-state index contributed by atoms with van der Waals surface area (Å²) in [4.78, 5) is 17.7. The summed E-state index contributed by atoms with van der Waals surface area (Å²) in [6.45, 7) is 3.94. The van der Waals surface area contributed by atoms with Crippen LogP contribution in [0.3, 0.4) is 0 Å². The van der Waals surface area contributed by atoms with Crippen LogP contribution in [0, 0.1) is 11.3 Å². The lowest BCUT2D eigenvalue weighted by Gasteiger charge is -1.97. The van der Waals surface area contributed by atoms with Crippen LogP contribution in [-0.4, -0.2) is 21.0 Å². The number of nitrogens with one attached hydrogen (secondary N) is 1. The number of carbonyl (C=O) groups is 1. The highest BCUT2D eigenvalue weighted by molar-refractivity contribution is 5.77. The number of carboxylic acid groups (broad SMARTS) is 1. The lowest BCUT2D eigenvalue weighted by Crippen LogP contribution is -2.03. The van der Waals surface area contributed by atoms with Crippen LogP contribution in [0.2, 0.25) is 0 Å². The topological polar surface area (TPSA) is 66.0 Å². The van der Waals surface area contributed by atoms with E-state index in [1.807, 2.05) is 13.8 Å². The summed E-state index contributed by atoms with van der Waals surface area (Å²) in [5, 5.41) is 8.92. The average molecular weight is 180 g/mol. The summed E-state index contributed by atoms with van der Waals surface area (Å²) in [5.74, 6) is -0.898. The van der Waals surface area contributed by atoms with Gasteiger partial charge >= 0.3 is 5.97 Å². The van der Waals surface area contributed by atoms with Crippen LogP contribution in [0.1, 0.15) is 25.5 Å². The highest BCUT2D eigenvalue weighted by Crippen LogP contribution is 2.63. The molecule has 1 aliphatic rings. The zero-order chi connectivity index (χ0) is 9.64. The van der Waals surface area contributed by atoms with E-state index in [0.717, 1.165) is 5.69 Å². The molecule has 13 heavy (non-hydrogen) atoms. The van der Waals surface area contributed by atoms with Gasteiger partial charge in [-0.1, -0.05) is 13.8 Å². The van der Waals surface area contributed by atoms with Crippen molar-refractivity contribution in [3.63, 3.8) is 0 Å². The minimum Gasteiger partial charge on any atom is -0.481 e. The third kappa shape index (κ3) is 1.05. The molecule has 4 nitrogen and oxygen atoms in total. The molecule has 2 unspecified atom stereocenters. The molecule has 1 saturated carbocycles. The number of carboxylic acids is 1. The SMILES string of the molecule is CC1(C)C(C(=O)O)C1c1cnc[nH]1. The maximum atomic E-state index is 10.8. The maximum Gasteiger partial charge on any atom is 0.307 e. The summed E-state index contributed by atoms with van der Waals surface area (Å²) in [6.07, 6.45) is 3.29. The van der Waals surface area contributed by atoms with Gasteiger partial charge in [-0.25, -0.2) is 4.98 Å². The number of rotatable bonds is 2. The zero-order valence-corrected chi connectivity index (χ0v) is 7.61.